The van der Waals surface area contributed by atoms with Gasteiger partial charge in [-0.1, -0.05) is 35.5 Å². The molecule has 0 fully saturated rings. The molecule has 2 aromatic carbocycles. The van der Waals surface area contributed by atoms with Crippen molar-refractivity contribution >= 4 is 16.7 Å². The summed E-state index contributed by atoms with van der Waals surface area (Å²) in [6, 6.07) is 15.6. The van der Waals surface area contributed by atoms with Gasteiger partial charge in [0, 0.05) is 13.1 Å². The highest BCUT2D eigenvalue weighted by molar-refractivity contribution is 5.84. The maximum Gasteiger partial charge on any atom is 0.260 e. The molecule has 5 heteroatoms. The van der Waals surface area contributed by atoms with Crippen molar-refractivity contribution < 1.29 is 14.1 Å². The molecule has 0 saturated heterocycles. The van der Waals surface area contributed by atoms with Crippen LogP contribution in [0.25, 0.3) is 10.8 Å². The van der Waals surface area contributed by atoms with Crippen LogP contribution >= 0.6 is 0 Å². The Bertz CT molecular complexity index is 826. The number of rotatable bonds is 5. The van der Waals surface area contributed by atoms with E-state index in [0.29, 0.717) is 12.3 Å². The van der Waals surface area contributed by atoms with E-state index in [1.54, 1.807) is 11.9 Å². The van der Waals surface area contributed by atoms with Crippen LogP contribution in [0.2, 0.25) is 0 Å². The fraction of sp³-hybridized carbons (Fsp3) is 0.222. The third-order valence-electron chi connectivity index (χ3n) is 3.58. The summed E-state index contributed by atoms with van der Waals surface area (Å²) in [6.07, 6.45) is 0. The molecule has 0 radical (unpaired) electrons. The number of hydrogen-bond donors (Lipinski definition) is 0. The lowest BCUT2D eigenvalue weighted by Gasteiger charge is -2.16. The summed E-state index contributed by atoms with van der Waals surface area (Å²) in [6.45, 7) is 2.21. The summed E-state index contributed by atoms with van der Waals surface area (Å²) in [7, 11) is 1.72. The monoisotopic (exact) mass is 310 g/mol. The molecule has 0 aliphatic carbocycles. The van der Waals surface area contributed by atoms with Gasteiger partial charge in [-0.15, -0.1) is 0 Å². The number of fused-ring (bicyclic) bond motifs is 1. The van der Waals surface area contributed by atoms with E-state index >= 15 is 0 Å². The van der Waals surface area contributed by atoms with Crippen LogP contribution in [-0.4, -0.2) is 29.6 Å². The normalized spacial score (nSPS) is 10.7. The molecule has 23 heavy (non-hydrogen) atoms. The average Bonchev–Trinajstić information content (AvgIpc) is 2.97. The number of aryl methyl sites for hydroxylation is 1. The number of benzene rings is 2. The minimum absolute atomic E-state index is 0.00826. The Morgan fingerprint density at radius 3 is 2.70 bits per heavy atom. The smallest absolute Gasteiger partial charge is 0.260 e. The molecular weight excluding hydrogens is 292 g/mol. The first kappa shape index (κ1) is 15.1. The Kier molecular flexibility index (Phi) is 4.28. The molecule has 3 aromatic rings. The first-order valence-corrected chi connectivity index (χ1v) is 7.39. The summed E-state index contributed by atoms with van der Waals surface area (Å²) < 4.78 is 10.6. The number of aromatic nitrogens is 1. The number of ether oxygens (including phenoxy) is 1. The minimum atomic E-state index is -0.112. The quantitative estimate of drug-likeness (QED) is 0.726. The predicted octanol–water partition coefficient (Wildman–Crippen LogP) is 3.17. The number of carbonyl (C=O) groups excluding carboxylic acids is 1. The molecule has 5 nitrogen and oxygen atoms in total. The van der Waals surface area contributed by atoms with Gasteiger partial charge in [0.05, 0.1) is 6.54 Å². The summed E-state index contributed by atoms with van der Waals surface area (Å²) >= 11 is 0. The van der Waals surface area contributed by atoms with Gasteiger partial charge in [0.15, 0.2) is 6.61 Å². The van der Waals surface area contributed by atoms with Crippen molar-refractivity contribution in [3.8, 4) is 5.75 Å². The highest BCUT2D eigenvalue weighted by Gasteiger charge is 2.12. The number of hydrogen-bond acceptors (Lipinski definition) is 4. The number of amides is 1. The average molecular weight is 310 g/mol. The molecule has 0 aliphatic rings. The molecular formula is C18H18N2O3. The summed E-state index contributed by atoms with van der Waals surface area (Å²) in [5.41, 5.74) is 0.726. The van der Waals surface area contributed by atoms with Crippen LogP contribution in [0.5, 0.6) is 5.75 Å². The second kappa shape index (κ2) is 6.52. The van der Waals surface area contributed by atoms with E-state index < -0.39 is 0 Å². The van der Waals surface area contributed by atoms with Crippen LogP contribution in [0.1, 0.15) is 11.5 Å². The molecule has 1 amide bonds. The van der Waals surface area contributed by atoms with Gasteiger partial charge < -0.3 is 14.2 Å². The molecule has 3 rings (SSSR count). The fourth-order valence-corrected chi connectivity index (χ4v) is 2.34. The van der Waals surface area contributed by atoms with Crippen LogP contribution in [-0.2, 0) is 11.3 Å². The Morgan fingerprint density at radius 1 is 1.17 bits per heavy atom. The first-order valence-electron chi connectivity index (χ1n) is 7.39. The molecule has 1 aromatic heterocycles. The maximum absolute atomic E-state index is 12.1. The number of likely N-dealkylation sites (N-methyl/N-ethyl adjacent to an activating group) is 1. The molecule has 0 spiro atoms. The highest BCUT2D eigenvalue weighted by atomic mass is 16.5. The zero-order valence-corrected chi connectivity index (χ0v) is 13.2. The fourth-order valence-electron chi connectivity index (χ4n) is 2.34. The zero-order valence-electron chi connectivity index (χ0n) is 13.2. The van der Waals surface area contributed by atoms with E-state index in [2.05, 4.69) is 5.16 Å². The lowest BCUT2D eigenvalue weighted by molar-refractivity contribution is -0.132. The third kappa shape index (κ3) is 3.69. The Labute approximate surface area is 134 Å². The van der Waals surface area contributed by atoms with Crippen LogP contribution in [0.3, 0.4) is 0 Å². The second-order valence-electron chi connectivity index (χ2n) is 5.48. The molecule has 0 bridgehead atoms. The van der Waals surface area contributed by atoms with Gasteiger partial charge in [-0.2, -0.15) is 0 Å². The van der Waals surface area contributed by atoms with Crippen molar-refractivity contribution in [3.63, 3.8) is 0 Å². The highest BCUT2D eigenvalue weighted by Crippen LogP contribution is 2.20. The molecule has 0 saturated carbocycles. The Balaban J connectivity index is 1.58. The maximum atomic E-state index is 12.1. The largest absolute Gasteiger partial charge is 0.484 e. The van der Waals surface area contributed by atoms with Crippen LogP contribution < -0.4 is 4.74 Å². The lowest BCUT2D eigenvalue weighted by Crippen LogP contribution is -2.31. The van der Waals surface area contributed by atoms with Gasteiger partial charge in [-0.25, -0.2) is 0 Å². The molecule has 0 N–H and O–H groups in total. The van der Waals surface area contributed by atoms with Crippen LogP contribution in [0, 0.1) is 6.92 Å². The van der Waals surface area contributed by atoms with Crippen LogP contribution in [0.15, 0.2) is 53.1 Å². The number of nitrogens with zero attached hydrogens (tertiary/aromatic N) is 2. The molecule has 1 heterocycles. The van der Waals surface area contributed by atoms with Crippen molar-refractivity contribution in [2.75, 3.05) is 13.7 Å². The van der Waals surface area contributed by atoms with E-state index in [9.17, 15) is 4.79 Å². The summed E-state index contributed by atoms with van der Waals surface area (Å²) in [5, 5.41) is 6.11. The van der Waals surface area contributed by atoms with Gasteiger partial charge >= 0.3 is 0 Å². The van der Waals surface area contributed by atoms with Gasteiger partial charge in [0.25, 0.3) is 5.91 Å². The molecule has 0 atom stereocenters. The topological polar surface area (TPSA) is 55.6 Å². The van der Waals surface area contributed by atoms with E-state index in [-0.39, 0.29) is 12.5 Å². The number of carbonyl (C=O) groups is 1. The van der Waals surface area contributed by atoms with Gasteiger partial charge in [0.2, 0.25) is 0 Å². The van der Waals surface area contributed by atoms with Crippen LogP contribution in [0.4, 0.5) is 0 Å². The van der Waals surface area contributed by atoms with Gasteiger partial charge in [0.1, 0.15) is 17.2 Å². The Hall–Kier alpha value is -2.82. The summed E-state index contributed by atoms with van der Waals surface area (Å²) in [4.78, 5) is 13.7. The zero-order chi connectivity index (χ0) is 16.2. The van der Waals surface area contributed by atoms with Gasteiger partial charge in [-0.3, -0.25) is 4.79 Å². The van der Waals surface area contributed by atoms with Crippen molar-refractivity contribution in [3.05, 3.63) is 60.0 Å². The first-order chi connectivity index (χ1) is 11.1. The Morgan fingerprint density at radius 2 is 1.96 bits per heavy atom. The lowest BCUT2D eigenvalue weighted by atomic mass is 10.1. The second-order valence-corrected chi connectivity index (χ2v) is 5.48. The SMILES string of the molecule is Cc1cc(CN(C)C(=O)COc2ccc3ccccc3c2)no1. The van der Waals surface area contributed by atoms with E-state index in [1.807, 2.05) is 55.5 Å². The van der Waals surface area contributed by atoms with E-state index in [0.717, 1.165) is 22.2 Å². The van der Waals surface area contributed by atoms with Crippen molar-refractivity contribution in [2.45, 2.75) is 13.5 Å². The minimum Gasteiger partial charge on any atom is -0.484 e. The molecule has 0 unspecified atom stereocenters. The summed E-state index contributed by atoms with van der Waals surface area (Å²) in [5.74, 6) is 1.30. The molecule has 0 aliphatic heterocycles. The standard InChI is InChI=1S/C18H18N2O3/c1-13-9-16(19-23-13)11-20(2)18(21)12-22-17-8-7-14-5-3-4-6-15(14)10-17/h3-10H,11-12H2,1-2H3. The van der Waals surface area contributed by atoms with Gasteiger partial charge in [-0.05, 0) is 29.8 Å². The van der Waals surface area contributed by atoms with Crippen molar-refractivity contribution in [1.29, 1.82) is 0 Å². The third-order valence-corrected chi connectivity index (χ3v) is 3.58. The predicted molar refractivity (Wildman–Crippen MR) is 87.2 cm³/mol. The van der Waals surface area contributed by atoms with Crippen molar-refractivity contribution in [1.82, 2.24) is 10.1 Å². The van der Waals surface area contributed by atoms with E-state index in [1.165, 1.54) is 0 Å². The molecule has 118 valence electrons. The van der Waals surface area contributed by atoms with E-state index in [4.69, 9.17) is 9.26 Å². The van der Waals surface area contributed by atoms with Crippen molar-refractivity contribution in [2.24, 2.45) is 0 Å².